The molecule has 0 aliphatic heterocycles. The smallest absolute Gasteiger partial charge is 0.174 e. The monoisotopic (exact) mass is 287 g/mol. The molecule has 5 heteroatoms. The van der Waals surface area contributed by atoms with Crippen molar-refractivity contribution in [2.45, 2.75) is 32.0 Å². The highest BCUT2D eigenvalue weighted by atomic mass is 16.5. The van der Waals surface area contributed by atoms with Crippen LogP contribution in [0.3, 0.4) is 0 Å². The van der Waals surface area contributed by atoms with Crippen LogP contribution in [0.1, 0.15) is 24.3 Å². The summed E-state index contributed by atoms with van der Waals surface area (Å²) < 4.78 is 11.0. The lowest BCUT2D eigenvalue weighted by molar-refractivity contribution is 0.248. The molecular formula is C16H21N3O2. The highest BCUT2D eigenvalue weighted by molar-refractivity contribution is 5.49. The third-order valence-corrected chi connectivity index (χ3v) is 3.47. The lowest BCUT2D eigenvalue weighted by Gasteiger charge is -2.13. The van der Waals surface area contributed by atoms with Crippen LogP contribution in [0.2, 0.25) is 0 Å². The van der Waals surface area contributed by atoms with Gasteiger partial charge in [-0.25, -0.2) is 0 Å². The van der Waals surface area contributed by atoms with Crippen molar-refractivity contribution in [3.63, 3.8) is 0 Å². The molecule has 21 heavy (non-hydrogen) atoms. The van der Waals surface area contributed by atoms with Gasteiger partial charge < -0.3 is 19.5 Å². The minimum atomic E-state index is 0.396. The number of rotatable bonds is 7. The molecule has 1 aliphatic rings. The summed E-state index contributed by atoms with van der Waals surface area (Å²) in [5.41, 5.74) is 2.04. The Hall–Kier alpha value is -2.01. The number of hydrogen-bond acceptors (Lipinski definition) is 5. The van der Waals surface area contributed by atoms with Crippen LogP contribution < -0.4 is 15.0 Å². The van der Waals surface area contributed by atoms with Gasteiger partial charge in [0.25, 0.3) is 0 Å². The Kier molecular flexibility index (Phi) is 4.10. The average Bonchev–Trinajstić information content (AvgIpc) is 3.21. The lowest BCUT2D eigenvalue weighted by Crippen LogP contribution is -2.15. The molecule has 112 valence electrons. The van der Waals surface area contributed by atoms with Gasteiger partial charge in [-0.3, -0.25) is 0 Å². The minimum Gasteiger partial charge on any atom is -0.485 e. The zero-order valence-corrected chi connectivity index (χ0v) is 12.5. The molecule has 0 amide bonds. The van der Waals surface area contributed by atoms with E-state index in [4.69, 9.17) is 9.26 Å². The number of anilines is 1. The van der Waals surface area contributed by atoms with Crippen molar-refractivity contribution in [3.05, 3.63) is 41.8 Å². The number of aromatic nitrogens is 1. The average molecular weight is 287 g/mol. The predicted octanol–water partition coefficient (Wildman–Crippen LogP) is 2.57. The summed E-state index contributed by atoms with van der Waals surface area (Å²) in [5, 5.41) is 7.46. The third kappa shape index (κ3) is 3.98. The Labute approximate surface area is 124 Å². The van der Waals surface area contributed by atoms with E-state index in [0.717, 1.165) is 29.4 Å². The highest BCUT2D eigenvalue weighted by Gasteiger charge is 2.20. The topological polar surface area (TPSA) is 50.5 Å². The first-order chi connectivity index (χ1) is 10.2. The Morgan fingerprint density at radius 2 is 2.19 bits per heavy atom. The second-order valence-electron chi connectivity index (χ2n) is 5.62. The van der Waals surface area contributed by atoms with Crippen LogP contribution in [-0.4, -0.2) is 25.3 Å². The molecule has 1 aromatic carbocycles. The molecule has 1 fully saturated rings. The largest absolute Gasteiger partial charge is 0.485 e. The van der Waals surface area contributed by atoms with Crippen LogP contribution in [-0.2, 0) is 13.2 Å². The summed E-state index contributed by atoms with van der Waals surface area (Å²) in [4.78, 5) is 2.04. The normalized spacial score (nSPS) is 14.2. The molecule has 0 radical (unpaired) electrons. The van der Waals surface area contributed by atoms with Crippen LogP contribution in [0.4, 0.5) is 5.69 Å². The predicted molar refractivity (Wildman–Crippen MR) is 81.5 cm³/mol. The maximum Gasteiger partial charge on any atom is 0.174 e. The second-order valence-corrected chi connectivity index (χ2v) is 5.62. The Morgan fingerprint density at radius 3 is 2.95 bits per heavy atom. The molecule has 1 aliphatic carbocycles. The van der Waals surface area contributed by atoms with Gasteiger partial charge in [-0.1, -0.05) is 11.2 Å². The Bertz CT molecular complexity index is 591. The molecule has 0 unspecified atom stereocenters. The van der Waals surface area contributed by atoms with Crippen molar-refractivity contribution in [1.82, 2.24) is 10.5 Å². The summed E-state index contributed by atoms with van der Waals surface area (Å²) in [7, 11) is 4.02. The molecule has 0 bridgehead atoms. The van der Waals surface area contributed by atoms with Gasteiger partial charge in [0.05, 0.1) is 5.69 Å². The zero-order chi connectivity index (χ0) is 14.7. The number of ether oxygens (including phenoxy) is 1. The molecule has 0 saturated heterocycles. The number of nitrogens with one attached hydrogen (secondary N) is 1. The third-order valence-electron chi connectivity index (χ3n) is 3.47. The van der Waals surface area contributed by atoms with Crippen molar-refractivity contribution >= 4 is 5.69 Å². The van der Waals surface area contributed by atoms with Gasteiger partial charge in [-0.05, 0) is 25.0 Å². The van der Waals surface area contributed by atoms with Crippen LogP contribution >= 0.6 is 0 Å². The van der Waals surface area contributed by atoms with Crippen molar-refractivity contribution in [1.29, 1.82) is 0 Å². The van der Waals surface area contributed by atoms with E-state index in [1.807, 2.05) is 49.3 Å². The molecule has 1 aromatic heterocycles. The fraction of sp³-hybridized carbons (Fsp3) is 0.438. The SMILES string of the molecule is CN(C)c1cccc(OCc2cc(CNC3CC3)no2)c1. The molecule has 0 atom stereocenters. The van der Waals surface area contributed by atoms with Gasteiger partial charge in [0.2, 0.25) is 0 Å². The number of nitrogens with zero attached hydrogens (tertiary/aromatic N) is 2. The molecule has 1 heterocycles. The van der Waals surface area contributed by atoms with E-state index in [1.54, 1.807) is 0 Å². The summed E-state index contributed by atoms with van der Waals surface area (Å²) in [6.45, 7) is 1.16. The summed E-state index contributed by atoms with van der Waals surface area (Å²) in [6.07, 6.45) is 2.55. The molecule has 1 N–H and O–H groups in total. The van der Waals surface area contributed by atoms with E-state index in [-0.39, 0.29) is 0 Å². The van der Waals surface area contributed by atoms with Gasteiger partial charge in [-0.15, -0.1) is 0 Å². The fourth-order valence-corrected chi connectivity index (χ4v) is 2.05. The standard InChI is InChI=1S/C16H21N3O2/c1-19(2)14-4-3-5-15(9-14)20-11-16-8-13(18-21-16)10-17-12-6-7-12/h3-5,8-9,12,17H,6-7,10-11H2,1-2H3. The maximum atomic E-state index is 5.75. The molecule has 1 saturated carbocycles. The van der Waals surface area contributed by atoms with Crippen molar-refractivity contribution in [2.75, 3.05) is 19.0 Å². The number of benzene rings is 1. The van der Waals surface area contributed by atoms with E-state index in [1.165, 1.54) is 12.8 Å². The highest BCUT2D eigenvalue weighted by Crippen LogP contribution is 2.21. The first kappa shape index (κ1) is 13.9. The molecule has 0 spiro atoms. The fourth-order valence-electron chi connectivity index (χ4n) is 2.05. The summed E-state index contributed by atoms with van der Waals surface area (Å²) >= 11 is 0. The van der Waals surface area contributed by atoms with E-state index in [2.05, 4.69) is 10.5 Å². The number of hydrogen-bond donors (Lipinski definition) is 1. The first-order valence-corrected chi connectivity index (χ1v) is 7.29. The quantitative estimate of drug-likeness (QED) is 0.848. The second kappa shape index (κ2) is 6.18. The van der Waals surface area contributed by atoms with E-state index >= 15 is 0 Å². The van der Waals surface area contributed by atoms with Crippen LogP contribution in [0.5, 0.6) is 5.75 Å². The maximum absolute atomic E-state index is 5.75. The van der Waals surface area contributed by atoms with Gasteiger partial charge >= 0.3 is 0 Å². The van der Waals surface area contributed by atoms with Gasteiger partial charge in [-0.2, -0.15) is 0 Å². The Balaban J connectivity index is 1.53. The molecule has 3 rings (SSSR count). The molecule has 2 aromatic rings. The zero-order valence-electron chi connectivity index (χ0n) is 12.5. The summed E-state index contributed by atoms with van der Waals surface area (Å²) in [6, 6.07) is 10.6. The van der Waals surface area contributed by atoms with Crippen molar-refractivity contribution in [3.8, 4) is 5.75 Å². The minimum absolute atomic E-state index is 0.396. The Morgan fingerprint density at radius 1 is 1.33 bits per heavy atom. The van der Waals surface area contributed by atoms with Gasteiger partial charge in [0, 0.05) is 44.5 Å². The van der Waals surface area contributed by atoms with E-state index in [9.17, 15) is 0 Å². The van der Waals surface area contributed by atoms with Gasteiger partial charge in [0.1, 0.15) is 12.4 Å². The van der Waals surface area contributed by atoms with Crippen molar-refractivity contribution in [2.24, 2.45) is 0 Å². The van der Waals surface area contributed by atoms with Crippen molar-refractivity contribution < 1.29 is 9.26 Å². The summed E-state index contributed by atoms with van der Waals surface area (Å²) in [5.74, 6) is 1.58. The molecule has 5 nitrogen and oxygen atoms in total. The van der Waals surface area contributed by atoms with Crippen LogP contribution in [0.15, 0.2) is 34.9 Å². The molecular weight excluding hydrogens is 266 g/mol. The first-order valence-electron chi connectivity index (χ1n) is 7.29. The van der Waals surface area contributed by atoms with Crippen LogP contribution in [0, 0.1) is 0 Å². The van der Waals surface area contributed by atoms with E-state index < -0.39 is 0 Å². The van der Waals surface area contributed by atoms with Crippen LogP contribution in [0.25, 0.3) is 0 Å². The van der Waals surface area contributed by atoms with Gasteiger partial charge in [0.15, 0.2) is 5.76 Å². The lowest BCUT2D eigenvalue weighted by atomic mass is 10.3. The van der Waals surface area contributed by atoms with E-state index in [0.29, 0.717) is 12.6 Å².